The number of aromatic amines is 1. The van der Waals surface area contributed by atoms with Crippen LogP contribution in [0.5, 0.6) is 0 Å². The van der Waals surface area contributed by atoms with Gasteiger partial charge in [-0.15, -0.1) is 0 Å². The number of aromatic nitrogens is 2. The summed E-state index contributed by atoms with van der Waals surface area (Å²) < 4.78 is 0. The third-order valence-corrected chi connectivity index (χ3v) is 5.98. The second-order valence-electron chi connectivity index (χ2n) is 9.11. The molecule has 1 aromatic rings. The van der Waals surface area contributed by atoms with E-state index in [2.05, 4.69) is 15.3 Å². The molecule has 1 heterocycles. The quantitative estimate of drug-likeness (QED) is 0.414. The van der Waals surface area contributed by atoms with Gasteiger partial charge in [-0.2, -0.15) is 0 Å². The molecule has 1 fully saturated rings. The Morgan fingerprint density at radius 3 is 2.57 bits per heavy atom. The minimum atomic E-state index is -1.12. The van der Waals surface area contributed by atoms with Crippen molar-refractivity contribution in [1.29, 1.82) is 0 Å². The lowest BCUT2D eigenvalue weighted by Gasteiger charge is -2.34. The molecule has 0 aromatic carbocycles. The Morgan fingerprint density at radius 1 is 1.32 bits per heavy atom. The number of hydrogen-bond acceptors (Lipinski definition) is 5. The molecule has 2 rings (SSSR count). The molecule has 1 aliphatic rings. The number of carbonyl (C=O) groups excluding carboxylic acids is 1. The first-order valence-electron chi connectivity index (χ1n) is 10.6. The number of aliphatic hydroxyl groups is 2. The minimum Gasteiger partial charge on any atom is -0.393 e. The number of nitrogens with zero attached hydrogens (tertiary/aromatic N) is 1. The van der Waals surface area contributed by atoms with Crippen LogP contribution in [-0.2, 0) is 11.2 Å². The van der Waals surface area contributed by atoms with Crippen molar-refractivity contribution in [2.24, 2.45) is 17.6 Å². The maximum Gasteiger partial charge on any atom is 0.240 e. The molecule has 0 spiro atoms. The van der Waals surface area contributed by atoms with Gasteiger partial charge in [0.25, 0.3) is 0 Å². The van der Waals surface area contributed by atoms with Gasteiger partial charge in [-0.25, -0.2) is 4.98 Å². The van der Waals surface area contributed by atoms with Crippen molar-refractivity contribution < 1.29 is 15.0 Å². The standard InChI is InChI=1S/C21H38N4O3/c1-14(2)18(26)10-19(27)17(9-15-7-5-4-6-8-15)25-20(28)21(3,22)11-16-12-23-13-24-16/h12-15,17-19,26-27H,4-11,22H2,1-3H3,(H,23,24)(H,25,28)/t17-,18?,19?,21-/m0/s1. The molecule has 1 saturated carbocycles. The van der Waals surface area contributed by atoms with Crippen molar-refractivity contribution in [3.63, 3.8) is 0 Å². The lowest BCUT2D eigenvalue weighted by atomic mass is 9.82. The minimum absolute atomic E-state index is 0.0563. The van der Waals surface area contributed by atoms with Crippen LogP contribution in [-0.4, -0.2) is 49.9 Å². The molecule has 1 aromatic heterocycles. The van der Waals surface area contributed by atoms with Gasteiger partial charge in [0.2, 0.25) is 5.91 Å². The van der Waals surface area contributed by atoms with Crippen molar-refractivity contribution in [3.05, 3.63) is 18.2 Å². The van der Waals surface area contributed by atoms with E-state index < -0.39 is 23.8 Å². The fraction of sp³-hybridized carbons (Fsp3) is 0.810. The lowest BCUT2D eigenvalue weighted by molar-refractivity contribution is -0.128. The van der Waals surface area contributed by atoms with Gasteiger partial charge in [-0.1, -0.05) is 46.0 Å². The third kappa shape index (κ3) is 6.87. The van der Waals surface area contributed by atoms with E-state index in [1.807, 2.05) is 13.8 Å². The fourth-order valence-corrected chi connectivity index (χ4v) is 3.97. The molecule has 7 nitrogen and oxygen atoms in total. The maximum atomic E-state index is 12.9. The van der Waals surface area contributed by atoms with Crippen LogP contribution in [0.25, 0.3) is 0 Å². The highest BCUT2D eigenvalue weighted by Gasteiger charge is 2.34. The van der Waals surface area contributed by atoms with Crippen molar-refractivity contribution in [2.75, 3.05) is 0 Å². The van der Waals surface area contributed by atoms with Crippen LogP contribution in [0.2, 0.25) is 0 Å². The summed E-state index contributed by atoms with van der Waals surface area (Å²) in [6, 6.07) is -0.409. The number of amides is 1. The van der Waals surface area contributed by atoms with E-state index in [0.717, 1.165) is 25.0 Å². The number of imidazole rings is 1. The van der Waals surface area contributed by atoms with Crippen molar-refractivity contribution in [1.82, 2.24) is 15.3 Å². The maximum absolute atomic E-state index is 12.9. The molecule has 28 heavy (non-hydrogen) atoms. The normalized spacial score (nSPS) is 21.1. The Balaban J connectivity index is 2.04. The number of H-pyrrole nitrogens is 1. The largest absolute Gasteiger partial charge is 0.393 e. The predicted molar refractivity (Wildman–Crippen MR) is 109 cm³/mol. The van der Waals surface area contributed by atoms with E-state index in [0.29, 0.717) is 12.3 Å². The molecule has 1 amide bonds. The van der Waals surface area contributed by atoms with Crippen molar-refractivity contribution in [3.8, 4) is 0 Å². The number of rotatable bonds is 10. The average molecular weight is 395 g/mol. The lowest BCUT2D eigenvalue weighted by Crippen LogP contribution is -2.58. The Labute approximate surface area is 168 Å². The number of aliphatic hydroxyl groups excluding tert-OH is 2. The van der Waals surface area contributed by atoms with Gasteiger partial charge in [0, 0.05) is 24.7 Å². The molecule has 2 unspecified atom stereocenters. The molecule has 0 saturated heterocycles. The number of carbonyl (C=O) groups is 1. The third-order valence-electron chi connectivity index (χ3n) is 5.98. The van der Waals surface area contributed by atoms with E-state index in [9.17, 15) is 15.0 Å². The summed E-state index contributed by atoms with van der Waals surface area (Å²) in [5.41, 5.74) is 5.97. The molecule has 0 aliphatic heterocycles. The number of nitrogens with one attached hydrogen (secondary N) is 2. The molecular formula is C21H38N4O3. The molecule has 0 bridgehead atoms. The second kappa shape index (κ2) is 10.4. The first-order valence-corrected chi connectivity index (χ1v) is 10.6. The van der Waals surface area contributed by atoms with Gasteiger partial charge in [0.05, 0.1) is 30.1 Å². The summed E-state index contributed by atoms with van der Waals surface area (Å²) in [4.78, 5) is 19.9. The van der Waals surface area contributed by atoms with Crippen LogP contribution in [0.3, 0.4) is 0 Å². The Morgan fingerprint density at radius 2 is 2.00 bits per heavy atom. The van der Waals surface area contributed by atoms with Crippen LogP contribution in [0.4, 0.5) is 0 Å². The first kappa shape index (κ1) is 22.8. The molecule has 1 aliphatic carbocycles. The Bertz CT molecular complexity index is 582. The smallest absolute Gasteiger partial charge is 0.240 e. The zero-order chi connectivity index (χ0) is 20.7. The van der Waals surface area contributed by atoms with Gasteiger partial charge in [-0.05, 0) is 25.2 Å². The monoisotopic (exact) mass is 394 g/mol. The van der Waals surface area contributed by atoms with E-state index in [4.69, 9.17) is 5.73 Å². The van der Waals surface area contributed by atoms with Gasteiger partial charge in [-0.3, -0.25) is 4.79 Å². The Kier molecular flexibility index (Phi) is 8.46. The number of hydrogen-bond donors (Lipinski definition) is 5. The molecule has 160 valence electrons. The Hall–Kier alpha value is -1.44. The zero-order valence-electron chi connectivity index (χ0n) is 17.5. The summed E-state index contributed by atoms with van der Waals surface area (Å²) in [5.74, 6) is 0.253. The topological polar surface area (TPSA) is 124 Å². The zero-order valence-corrected chi connectivity index (χ0v) is 17.5. The molecule has 4 atom stereocenters. The van der Waals surface area contributed by atoms with Gasteiger partial charge in [0.1, 0.15) is 0 Å². The van der Waals surface area contributed by atoms with Crippen LogP contribution in [0.15, 0.2) is 12.5 Å². The van der Waals surface area contributed by atoms with Crippen LogP contribution in [0, 0.1) is 11.8 Å². The van der Waals surface area contributed by atoms with E-state index >= 15 is 0 Å². The highest BCUT2D eigenvalue weighted by molar-refractivity contribution is 5.86. The molecule has 7 heteroatoms. The predicted octanol–water partition coefficient (Wildman–Crippen LogP) is 1.89. The SMILES string of the molecule is CC(C)C(O)CC(O)[C@H](CC1CCCCC1)NC(=O)[C@@](C)(N)Cc1cnc[nH]1. The van der Waals surface area contributed by atoms with Crippen molar-refractivity contribution >= 4 is 5.91 Å². The van der Waals surface area contributed by atoms with Crippen LogP contribution < -0.4 is 11.1 Å². The van der Waals surface area contributed by atoms with Gasteiger partial charge in [0.15, 0.2) is 0 Å². The van der Waals surface area contributed by atoms with E-state index in [1.54, 1.807) is 19.4 Å². The van der Waals surface area contributed by atoms with Crippen molar-refractivity contribution in [2.45, 2.75) is 95.9 Å². The van der Waals surface area contributed by atoms with E-state index in [1.165, 1.54) is 19.3 Å². The fourth-order valence-electron chi connectivity index (χ4n) is 3.97. The van der Waals surface area contributed by atoms with E-state index in [-0.39, 0.29) is 18.2 Å². The highest BCUT2D eigenvalue weighted by atomic mass is 16.3. The molecule has 6 N–H and O–H groups in total. The van der Waals surface area contributed by atoms with Crippen LogP contribution >= 0.6 is 0 Å². The van der Waals surface area contributed by atoms with Gasteiger partial charge < -0.3 is 26.2 Å². The summed E-state index contributed by atoms with van der Waals surface area (Å²) in [5, 5.41) is 24.0. The summed E-state index contributed by atoms with van der Waals surface area (Å²) in [6.07, 6.45) is 9.02. The summed E-state index contributed by atoms with van der Waals surface area (Å²) >= 11 is 0. The summed E-state index contributed by atoms with van der Waals surface area (Å²) in [7, 11) is 0. The number of nitrogens with two attached hydrogens (primary N) is 1. The highest BCUT2D eigenvalue weighted by Crippen LogP contribution is 2.29. The van der Waals surface area contributed by atoms with Crippen LogP contribution in [0.1, 0.15) is 71.4 Å². The second-order valence-corrected chi connectivity index (χ2v) is 9.11. The van der Waals surface area contributed by atoms with Gasteiger partial charge >= 0.3 is 0 Å². The molecular weight excluding hydrogens is 356 g/mol. The summed E-state index contributed by atoms with van der Waals surface area (Å²) in [6.45, 7) is 5.54. The molecule has 0 radical (unpaired) electrons. The first-order chi connectivity index (χ1) is 13.2. The average Bonchev–Trinajstić information content (AvgIpc) is 3.14.